The molecule has 0 spiro atoms. The Labute approximate surface area is 126 Å². The monoisotopic (exact) mass is 338 g/mol. The first kappa shape index (κ1) is 17.0. The van der Waals surface area contributed by atoms with Crippen LogP contribution in [0.2, 0.25) is 0 Å². The van der Waals surface area contributed by atoms with Crippen LogP contribution in [0.15, 0.2) is 29.2 Å². The highest BCUT2D eigenvalue weighted by Crippen LogP contribution is 2.33. The lowest BCUT2D eigenvalue weighted by Gasteiger charge is -2.20. The molecule has 9 heteroatoms. The van der Waals surface area contributed by atoms with Crippen molar-refractivity contribution in [2.24, 2.45) is 11.7 Å². The van der Waals surface area contributed by atoms with Crippen molar-refractivity contribution in [2.45, 2.75) is 30.6 Å². The van der Waals surface area contributed by atoms with Gasteiger partial charge in [0.2, 0.25) is 10.0 Å². The molecule has 0 aliphatic carbocycles. The molecule has 0 amide bonds. The van der Waals surface area contributed by atoms with Gasteiger partial charge in [-0.05, 0) is 31.4 Å². The van der Waals surface area contributed by atoms with Gasteiger partial charge in [-0.3, -0.25) is 0 Å². The Kier molecular flexibility index (Phi) is 4.69. The van der Waals surface area contributed by atoms with Crippen molar-refractivity contribution in [3.8, 4) is 5.75 Å². The van der Waals surface area contributed by atoms with Crippen LogP contribution in [-0.4, -0.2) is 38.2 Å². The Hall–Kier alpha value is -1.32. The van der Waals surface area contributed by atoms with Crippen LogP contribution in [0.5, 0.6) is 5.75 Å². The van der Waals surface area contributed by atoms with Gasteiger partial charge in [0.15, 0.2) is 0 Å². The Balaban J connectivity index is 2.31. The number of halogens is 3. The molecule has 1 saturated heterocycles. The van der Waals surface area contributed by atoms with E-state index in [1.807, 2.05) is 0 Å². The highest BCUT2D eigenvalue weighted by atomic mass is 32.2. The van der Waals surface area contributed by atoms with Gasteiger partial charge in [0.25, 0.3) is 0 Å². The number of sulfonamides is 1. The minimum Gasteiger partial charge on any atom is -0.404 e. The molecule has 5 nitrogen and oxygen atoms in total. The number of hydrogen-bond acceptors (Lipinski definition) is 4. The summed E-state index contributed by atoms with van der Waals surface area (Å²) in [5.41, 5.74) is 5.76. The fourth-order valence-electron chi connectivity index (χ4n) is 2.41. The Morgan fingerprint density at radius 3 is 2.55 bits per heavy atom. The zero-order valence-corrected chi connectivity index (χ0v) is 12.7. The standard InChI is InChI=1S/C13H17F3N2O3S/c1-9(17)10-6-7-18(8-10)22(19,20)12-5-3-2-4-11(12)21-13(14,15)16/h2-5,9-10H,6-8,17H2,1H3. The van der Waals surface area contributed by atoms with Crippen molar-refractivity contribution in [3.63, 3.8) is 0 Å². The van der Waals surface area contributed by atoms with Crippen LogP contribution in [0, 0.1) is 5.92 Å². The predicted molar refractivity (Wildman–Crippen MR) is 73.6 cm³/mol. The summed E-state index contributed by atoms with van der Waals surface area (Å²) < 4.78 is 67.3. The van der Waals surface area contributed by atoms with Crippen LogP contribution in [-0.2, 0) is 10.0 Å². The summed E-state index contributed by atoms with van der Waals surface area (Å²) in [6.07, 6.45) is -4.37. The van der Waals surface area contributed by atoms with Crippen LogP contribution in [0.4, 0.5) is 13.2 Å². The number of para-hydroxylation sites is 1. The Morgan fingerprint density at radius 2 is 2.00 bits per heavy atom. The van der Waals surface area contributed by atoms with Gasteiger partial charge in [-0.15, -0.1) is 13.2 Å². The number of alkyl halides is 3. The van der Waals surface area contributed by atoms with E-state index in [9.17, 15) is 21.6 Å². The zero-order chi connectivity index (χ0) is 16.5. The van der Waals surface area contributed by atoms with Crippen molar-refractivity contribution < 1.29 is 26.3 Å². The molecule has 0 saturated carbocycles. The number of hydrogen-bond donors (Lipinski definition) is 1. The van der Waals surface area contributed by atoms with E-state index >= 15 is 0 Å². The smallest absolute Gasteiger partial charge is 0.404 e. The molecule has 2 N–H and O–H groups in total. The molecule has 1 fully saturated rings. The minimum atomic E-state index is -4.95. The van der Waals surface area contributed by atoms with E-state index < -0.39 is 27.0 Å². The van der Waals surface area contributed by atoms with Crippen LogP contribution in [0.3, 0.4) is 0 Å². The lowest BCUT2D eigenvalue weighted by molar-refractivity contribution is -0.275. The number of nitrogens with two attached hydrogens (primary N) is 1. The zero-order valence-electron chi connectivity index (χ0n) is 11.9. The molecule has 1 heterocycles. The fraction of sp³-hybridized carbons (Fsp3) is 0.538. The topological polar surface area (TPSA) is 72.6 Å². The Bertz CT molecular complexity index is 632. The first-order chi connectivity index (χ1) is 10.1. The van der Waals surface area contributed by atoms with Crippen LogP contribution in [0.25, 0.3) is 0 Å². The molecule has 1 aromatic carbocycles. The summed E-state index contributed by atoms with van der Waals surface area (Å²) in [7, 11) is -4.06. The minimum absolute atomic E-state index is 0.00882. The fourth-order valence-corrected chi connectivity index (χ4v) is 4.04. The highest BCUT2D eigenvalue weighted by Gasteiger charge is 2.38. The average Bonchev–Trinajstić information content (AvgIpc) is 2.87. The number of nitrogens with zero attached hydrogens (tertiary/aromatic N) is 1. The molecule has 1 aromatic rings. The van der Waals surface area contributed by atoms with E-state index in [-0.39, 0.29) is 25.0 Å². The molecular formula is C13H17F3N2O3S. The van der Waals surface area contributed by atoms with Crippen LogP contribution < -0.4 is 10.5 Å². The molecule has 1 aliphatic rings. The maximum atomic E-state index is 12.5. The van der Waals surface area contributed by atoms with E-state index in [1.165, 1.54) is 12.1 Å². The molecule has 0 radical (unpaired) electrons. The third-order valence-corrected chi connectivity index (χ3v) is 5.53. The summed E-state index contributed by atoms with van der Waals surface area (Å²) in [5.74, 6) is -0.732. The Morgan fingerprint density at radius 1 is 1.36 bits per heavy atom. The quantitative estimate of drug-likeness (QED) is 0.911. The molecule has 2 atom stereocenters. The van der Waals surface area contributed by atoms with Gasteiger partial charge in [-0.2, -0.15) is 4.31 Å². The maximum absolute atomic E-state index is 12.5. The average molecular weight is 338 g/mol. The second-order valence-electron chi connectivity index (χ2n) is 5.27. The molecule has 0 bridgehead atoms. The molecule has 2 unspecified atom stereocenters. The molecular weight excluding hydrogens is 321 g/mol. The lowest BCUT2D eigenvalue weighted by atomic mass is 10.0. The van der Waals surface area contributed by atoms with Gasteiger partial charge >= 0.3 is 6.36 Å². The molecule has 1 aliphatic heterocycles. The summed E-state index contributed by atoms with van der Waals surface area (Å²) in [4.78, 5) is -0.488. The third kappa shape index (κ3) is 3.71. The van der Waals surface area contributed by atoms with E-state index in [4.69, 9.17) is 5.73 Å². The van der Waals surface area contributed by atoms with Crippen molar-refractivity contribution in [3.05, 3.63) is 24.3 Å². The van der Waals surface area contributed by atoms with Gasteiger partial charge in [0, 0.05) is 19.1 Å². The number of ether oxygens (including phenoxy) is 1. The highest BCUT2D eigenvalue weighted by molar-refractivity contribution is 7.89. The second-order valence-corrected chi connectivity index (χ2v) is 7.17. The first-order valence-electron chi connectivity index (χ1n) is 6.72. The normalized spacial score (nSPS) is 21.8. The van der Waals surface area contributed by atoms with Gasteiger partial charge < -0.3 is 10.5 Å². The lowest BCUT2D eigenvalue weighted by Crippen LogP contribution is -2.33. The van der Waals surface area contributed by atoms with E-state index in [0.29, 0.717) is 6.42 Å². The summed E-state index contributed by atoms with van der Waals surface area (Å²) in [6, 6.07) is 4.56. The van der Waals surface area contributed by atoms with Crippen LogP contribution >= 0.6 is 0 Å². The van der Waals surface area contributed by atoms with E-state index in [2.05, 4.69) is 4.74 Å². The number of benzene rings is 1. The molecule has 2 rings (SSSR count). The molecule has 0 aromatic heterocycles. The van der Waals surface area contributed by atoms with Gasteiger partial charge in [0.05, 0.1) is 0 Å². The second kappa shape index (κ2) is 6.05. The SMILES string of the molecule is CC(N)C1CCN(S(=O)(=O)c2ccccc2OC(F)(F)F)C1. The third-order valence-electron chi connectivity index (χ3n) is 3.62. The van der Waals surface area contributed by atoms with Crippen molar-refractivity contribution in [2.75, 3.05) is 13.1 Å². The van der Waals surface area contributed by atoms with Crippen LogP contribution in [0.1, 0.15) is 13.3 Å². The predicted octanol–water partition coefficient (Wildman–Crippen LogP) is 1.94. The summed E-state index contributed by atoms with van der Waals surface area (Å²) in [5, 5.41) is 0. The van der Waals surface area contributed by atoms with Gasteiger partial charge in [0.1, 0.15) is 10.6 Å². The summed E-state index contributed by atoms with van der Waals surface area (Å²) in [6.45, 7) is 2.21. The van der Waals surface area contributed by atoms with E-state index in [0.717, 1.165) is 16.4 Å². The first-order valence-corrected chi connectivity index (χ1v) is 8.16. The van der Waals surface area contributed by atoms with Gasteiger partial charge in [-0.1, -0.05) is 12.1 Å². The number of rotatable bonds is 4. The molecule has 124 valence electrons. The molecule has 22 heavy (non-hydrogen) atoms. The maximum Gasteiger partial charge on any atom is 0.573 e. The largest absolute Gasteiger partial charge is 0.573 e. The summed E-state index contributed by atoms with van der Waals surface area (Å²) >= 11 is 0. The van der Waals surface area contributed by atoms with Crippen molar-refractivity contribution in [1.82, 2.24) is 4.31 Å². The van der Waals surface area contributed by atoms with Gasteiger partial charge in [-0.25, -0.2) is 8.42 Å². The van der Waals surface area contributed by atoms with E-state index in [1.54, 1.807) is 6.92 Å². The van der Waals surface area contributed by atoms with Crippen molar-refractivity contribution >= 4 is 10.0 Å². The van der Waals surface area contributed by atoms with Crippen molar-refractivity contribution in [1.29, 1.82) is 0 Å².